The van der Waals surface area contributed by atoms with Crippen LogP contribution in [0.1, 0.15) is 43.0 Å². The predicted octanol–water partition coefficient (Wildman–Crippen LogP) is 3.25. The third kappa shape index (κ3) is 1.80. The summed E-state index contributed by atoms with van der Waals surface area (Å²) >= 11 is 0. The van der Waals surface area contributed by atoms with E-state index in [1.807, 2.05) is 6.07 Å². The molecule has 0 radical (unpaired) electrons. The second-order valence-electron chi connectivity index (χ2n) is 3.40. The van der Waals surface area contributed by atoms with Crippen LogP contribution in [0.2, 0.25) is 0 Å². The van der Waals surface area contributed by atoms with Gasteiger partial charge in [-0.15, -0.1) is 0 Å². The lowest BCUT2D eigenvalue weighted by molar-refractivity contribution is 0.976. The fourth-order valence-electron chi connectivity index (χ4n) is 2.02. The van der Waals surface area contributed by atoms with Gasteiger partial charge in [0.25, 0.3) is 0 Å². The molecule has 0 heterocycles. The number of hydrogen-bond donors (Lipinski definition) is 0. The van der Waals surface area contributed by atoms with E-state index in [0.29, 0.717) is 0 Å². The first-order valence-corrected chi connectivity index (χ1v) is 5.32. The number of nitriles is 1. The summed E-state index contributed by atoms with van der Waals surface area (Å²) in [5.74, 6) is 0. The van der Waals surface area contributed by atoms with Crippen molar-refractivity contribution in [2.45, 2.75) is 40.0 Å². The van der Waals surface area contributed by atoms with Crippen molar-refractivity contribution in [3.05, 3.63) is 34.4 Å². The summed E-state index contributed by atoms with van der Waals surface area (Å²) in [5.41, 5.74) is 4.87. The first-order chi connectivity index (χ1) is 6.78. The molecule has 0 saturated heterocycles. The van der Waals surface area contributed by atoms with Crippen molar-refractivity contribution in [2.24, 2.45) is 0 Å². The monoisotopic (exact) mass is 187 g/mol. The summed E-state index contributed by atoms with van der Waals surface area (Å²) in [5, 5.41) is 8.98. The molecule has 14 heavy (non-hydrogen) atoms. The minimum Gasteiger partial charge on any atom is -0.192 e. The number of benzene rings is 1. The van der Waals surface area contributed by atoms with Gasteiger partial charge in [-0.1, -0.05) is 26.8 Å². The Kier molecular flexibility index (Phi) is 3.71. The van der Waals surface area contributed by atoms with Crippen LogP contribution < -0.4 is 0 Å². The Balaban J connectivity index is 3.38. The first kappa shape index (κ1) is 10.8. The Bertz CT molecular complexity index is 358. The number of hydrogen-bond acceptors (Lipinski definition) is 1. The largest absolute Gasteiger partial charge is 0.192 e. The van der Waals surface area contributed by atoms with E-state index in [1.54, 1.807) is 0 Å². The van der Waals surface area contributed by atoms with E-state index in [-0.39, 0.29) is 0 Å². The zero-order valence-electron chi connectivity index (χ0n) is 9.22. The minimum absolute atomic E-state index is 0.849. The quantitative estimate of drug-likeness (QED) is 0.712. The highest BCUT2D eigenvalue weighted by Gasteiger charge is 2.08. The van der Waals surface area contributed by atoms with Crippen molar-refractivity contribution < 1.29 is 0 Å². The van der Waals surface area contributed by atoms with Crippen molar-refractivity contribution in [1.82, 2.24) is 0 Å². The molecule has 0 aliphatic rings. The zero-order valence-corrected chi connectivity index (χ0v) is 9.22. The van der Waals surface area contributed by atoms with Crippen molar-refractivity contribution in [2.75, 3.05) is 0 Å². The summed E-state index contributed by atoms with van der Waals surface area (Å²) in [4.78, 5) is 0. The lowest BCUT2D eigenvalue weighted by atomic mass is 9.92. The van der Waals surface area contributed by atoms with Crippen LogP contribution in [-0.4, -0.2) is 0 Å². The van der Waals surface area contributed by atoms with Crippen LogP contribution in [-0.2, 0) is 19.3 Å². The van der Waals surface area contributed by atoms with Crippen molar-refractivity contribution in [3.8, 4) is 6.07 Å². The fourth-order valence-corrected chi connectivity index (χ4v) is 2.02. The summed E-state index contributed by atoms with van der Waals surface area (Å²) < 4.78 is 0. The van der Waals surface area contributed by atoms with Crippen LogP contribution in [0, 0.1) is 11.3 Å². The highest BCUT2D eigenvalue weighted by Crippen LogP contribution is 2.20. The molecule has 1 aromatic carbocycles. The van der Waals surface area contributed by atoms with Gasteiger partial charge >= 0.3 is 0 Å². The SMILES string of the molecule is CCc1ccc(C#N)c(CC)c1CC. The molecule has 0 aliphatic carbocycles. The lowest BCUT2D eigenvalue weighted by Crippen LogP contribution is -2.00. The third-order valence-corrected chi connectivity index (χ3v) is 2.74. The molecule has 1 heteroatoms. The second kappa shape index (κ2) is 4.81. The molecule has 0 N–H and O–H groups in total. The van der Waals surface area contributed by atoms with Crippen LogP contribution in [0.5, 0.6) is 0 Å². The average Bonchev–Trinajstić information content (AvgIpc) is 2.26. The molecule has 0 amide bonds. The van der Waals surface area contributed by atoms with E-state index in [2.05, 4.69) is 32.9 Å². The molecule has 1 rings (SSSR count). The van der Waals surface area contributed by atoms with Crippen molar-refractivity contribution >= 4 is 0 Å². The molecular formula is C13H17N. The van der Waals surface area contributed by atoms with E-state index in [4.69, 9.17) is 5.26 Å². The Morgan fingerprint density at radius 2 is 1.64 bits per heavy atom. The first-order valence-electron chi connectivity index (χ1n) is 5.32. The maximum atomic E-state index is 8.98. The topological polar surface area (TPSA) is 23.8 Å². The molecule has 0 unspecified atom stereocenters. The predicted molar refractivity (Wildman–Crippen MR) is 59.3 cm³/mol. The van der Waals surface area contributed by atoms with Crippen LogP contribution in [0.3, 0.4) is 0 Å². The van der Waals surface area contributed by atoms with Gasteiger partial charge in [0.05, 0.1) is 11.6 Å². The van der Waals surface area contributed by atoms with Crippen LogP contribution in [0.15, 0.2) is 12.1 Å². The zero-order chi connectivity index (χ0) is 10.6. The third-order valence-electron chi connectivity index (χ3n) is 2.74. The van der Waals surface area contributed by atoms with Gasteiger partial charge in [-0.3, -0.25) is 0 Å². The molecular weight excluding hydrogens is 170 g/mol. The molecule has 0 aromatic heterocycles. The summed E-state index contributed by atoms with van der Waals surface area (Å²) in [7, 11) is 0. The van der Waals surface area contributed by atoms with Crippen molar-refractivity contribution in [3.63, 3.8) is 0 Å². The Labute approximate surface area is 86.4 Å². The molecule has 0 fully saturated rings. The molecule has 0 atom stereocenters. The normalized spacial score (nSPS) is 9.86. The maximum absolute atomic E-state index is 8.98. The van der Waals surface area contributed by atoms with Gasteiger partial charge in [-0.25, -0.2) is 0 Å². The van der Waals surface area contributed by atoms with Gasteiger partial charge in [0.1, 0.15) is 0 Å². The summed E-state index contributed by atoms with van der Waals surface area (Å²) in [6.45, 7) is 6.45. The Hall–Kier alpha value is -1.29. The molecule has 1 nitrogen and oxygen atoms in total. The Morgan fingerprint density at radius 1 is 1.00 bits per heavy atom. The van der Waals surface area contributed by atoms with Gasteiger partial charge in [-0.2, -0.15) is 5.26 Å². The lowest BCUT2D eigenvalue weighted by Gasteiger charge is -2.12. The summed E-state index contributed by atoms with van der Waals surface area (Å²) in [6, 6.07) is 6.32. The molecule has 0 saturated carbocycles. The summed E-state index contributed by atoms with van der Waals surface area (Å²) in [6.07, 6.45) is 3.05. The van der Waals surface area contributed by atoms with Gasteiger partial charge < -0.3 is 0 Å². The van der Waals surface area contributed by atoms with Gasteiger partial charge in [0, 0.05) is 0 Å². The van der Waals surface area contributed by atoms with E-state index in [0.717, 1.165) is 24.8 Å². The number of aryl methyl sites for hydroxylation is 1. The number of rotatable bonds is 3. The van der Waals surface area contributed by atoms with Crippen LogP contribution in [0.4, 0.5) is 0 Å². The average molecular weight is 187 g/mol. The fraction of sp³-hybridized carbons (Fsp3) is 0.462. The van der Waals surface area contributed by atoms with Crippen LogP contribution >= 0.6 is 0 Å². The van der Waals surface area contributed by atoms with Gasteiger partial charge in [0.2, 0.25) is 0 Å². The van der Waals surface area contributed by atoms with Gasteiger partial charge in [-0.05, 0) is 42.0 Å². The van der Waals surface area contributed by atoms with E-state index < -0.39 is 0 Å². The smallest absolute Gasteiger partial charge is 0.0994 e. The molecule has 74 valence electrons. The maximum Gasteiger partial charge on any atom is 0.0994 e. The standard InChI is InChI=1S/C13H17N/c1-4-10-7-8-11(9-14)13(6-3)12(10)5-2/h7-8H,4-6H2,1-3H3. The molecule has 0 bridgehead atoms. The molecule has 0 spiro atoms. The number of nitrogens with zero attached hydrogens (tertiary/aromatic N) is 1. The highest BCUT2D eigenvalue weighted by atomic mass is 14.3. The molecule has 0 aliphatic heterocycles. The van der Waals surface area contributed by atoms with Gasteiger partial charge in [0.15, 0.2) is 0 Å². The van der Waals surface area contributed by atoms with E-state index in [9.17, 15) is 0 Å². The van der Waals surface area contributed by atoms with Crippen LogP contribution in [0.25, 0.3) is 0 Å². The van der Waals surface area contributed by atoms with E-state index in [1.165, 1.54) is 16.7 Å². The Morgan fingerprint density at radius 3 is 2.07 bits per heavy atom. The second-order valence-corrected chi connectivity index (χ2v) is 3.40. The van der Waals surface area contributed by atoms with Crippen molar-refractivity contribution in [1.29, 1.82) is 5.26 Å². The van der Waals surface area contributed by atoms with E-state index >= 15 is 0 Å². The highest BCUT2D eigenvalue weighted by molar-refractivity contribution is 5.47. The minimum atomic E-state index is 0.849. The molecule has 1 aromatic rings.